The van der Waals surface area contributed by atoms with Crippen molar-refractivity contribution in [2.45, 2.75) is 4.90 Å². The minimum atomic E-state index is -4.09. The number of thiazole rings is 1. The van der Waals surface area contributed by atoms with E-state index in [2.05, 4.69) is 20.3 Å². The number of aromatic hydroxyl groups is 1. The van der Waals surface area contributed by atoms with Crippen LogP contribution in [0.3, 0.4) is 0 Å². The van der Waals surface area contributed by atoms with Gasteiger partial charge in [-0.25, -0.2) is 22.6 Å². The molecule has 0 spiro atoms. The van der Waals surface area contributed by atoms with E-state index in [0.717, 1.165) is 10.8 Å². The van der Waals surface area contributed by atoms with E-state index in [1.54, 1.807) is 12.1 Å². The van der Waals surface area contributed by atoms with E-state index < -0.39 is 26.8 Å². The Morgan fingerprint density at radius 3 is 2.42 bits per heavy atom. The van der Waals surface area contributed by atoms with Crippen LogP contribution in [-0.2, 0) is 10.0 Å². The largest absolute Gasteiger partial charge is 0.508 e. The number of hydrogen-bond donors (Lipinski definition) is 4. The fourth-order valence-electron chi connectivity index (χ4n) is 2.72. The Bertz CT molecular complexity index is 1370. The lowest BCUT2D eigenvalue weighted by molar-refractivity contribution is 0.262. The number of nitrogens with zero attached hydrogens (tertiary/aromatic N) is 1. The minimum Gasteiger partial charge on any atom is -0.508 e. The number of sulfonamides is 1. The monoisotopic (exact) mass is 458 g/mol. The molecule has 158 valence electrons. The Morgan fingerprint density at radius 2 is 1.68 bits per heavy atom. The predicted octanol–water partition coefficient (Wildman–Crippen LogP) is 4.59. The highest BCUT2D eigenvalue weighted by atomic mass is 32.2. The molecule has 4 rings (SSSR count). The van der Waals surface area contributed by atoms with Crippen molar-refractivity contribution in [2.24, 2.45) is 0 Å². The molecule has 1 aromatic heterocycles. The van der Waals surface area contributed by atoms with Crippen LogP contribution in [0.4, 0.5) is 25.7 Å². The third-order valence-electron chi connectivity index (χ3n) is 4.11. The van der Waals surface area contributed by atoms with Gasteiger partial charge in [-0.15, -0.1) is 0 Å². The summed E-state index contributed by atoms with van der Waals surface area (Å²) in [5.41, 5.74) is 1.26. The van der Waals surface area contributed by atoms with Gasteiger partial charge in [-0.05, 0) is 54.6 Å². The second-order valence-corrected chi connectivity index (χ2v) is 9.04. The predicted molar refractivity (Wildman–Crippen MR) is 118 cm³/mol. The van der Waals surface area contributed by atoms with Gasteiger partial charge in [0.2, 0.25) is 0 Å². The molecule has 0 aliphatic carbocycles. The van der Waals surface area contributed by atoms with Crippen molar-refractivity contribution in [3.63, 3.8) is 0 Å². The van der Waals surface area contributed by atoms with E-state index in [4.69, 9.17) is 0 Å². The molecule has 0 fully saturated rings. The molecule has 0 atom stereocenters. The Morgan fingerprint density at radius 1 is 0.968 bits per heavy atom. The summed E-state index contributed by atoms with van der Waals surface area (Å²) >= 11 is 1.21. The molecule has 0 aliphatic heterocycles. The molecule has 3 aromatic carbocycles. The number of phenols is 1. The lowest BCUT2D eigenvalue weighted by atomic mass is 10.3. The second kappa shape index (κ2) is 8.20. The fourth-order valence-corrected chi connectivity index (χ4v) is 4.75. The van der Waals surface area contributed by atoms with Gasteiger partial charge in [-0.3, -0.25) is 10.0 Å². The summed E-state index contributed by atoms with van der Waals surface area (Å²) in [6.07, 6.45) is 0. The van der Waals surface area contributed by atoms with E-state index >= 15 is 0 Å². The number of aromatic nitrogens is 1. The van der Waals surface area contributed by atoms with Crippen LogP contribution in [0.1, 0.15) is 0 Å². The Kier molecular flexibility index (Phi) is 5.44. The molecule has 4 aromatic rings. The third kappa shape index (κ3) is 4.73. The van der Waals surface area contributed by atoms with Crippen LogP contribution in [0.5, 0.6) is 5.75 Å². The molecule has 11 heteroatoms. The molecule has 2 amide bonds. The summed E-state index contributed by atoms with van der Waals surface area (Å²) in [6.45, 7) is 0. The summed E-state index contributed by atoms with van der Waals surface area (Å²) < 4.78 is 41.4. The van der Waals surface area contributed by atoms with Gasteiger partial charge in [-0.2, -0.15) is 0 Å². The quantitative estimate of drug-likeness (QED) is 0.349. The number of urea groups is 1. The van der Waals surface area contributed by atoms with Crippen molar-refractivity contribution < 1.29 is 22.7 Å². The first-order valence-electron chi connectivity index (χ1n) is 8.85. The van der Waals surface area contributed by atoms with Gasteiger partial charge in [0.05, 0.1) is 10.2 Å². The summed E-state index contributed by atoms with van der Waals surface area (Å²) in [4.78, 5) is 16.0. The van der Waals surface area contributed by atoms with Crippen LogP contribution in [0.25, 0.3) is 10.2 Å². The van der Waals surface area contributed by atoms with Crippen LogP contribution in [0.2, 0.25) is 0 Å². The molecule has 0 saturated heterocycles. The maximum Gasteiger partial charge on any atom is 0.325 e. The summed E-state index contributed by atoms with van der Waals surface area (Å²) in [5.74, 6) is -0.743. The fraction of sp³-hybridized carbons (Fsp3) is 0. The molecule has 0 saturated carbocycles. The van der Waals surface area contributed by atoms with Gasteiger partial charge in [0.1, 0.15) is 16.5 Å². The van der Waals surface area contributed by atoms with Gasteiger partial charge in [0.25, 0.3) is 10.0 Å². The number of carbonyl (C=O) groups is 1. The zero-order chi connectivity index (χ0) is 22.0. The van der Waals surface area contributed by atoms with Crippen molar-refractivity contribution >= 4 is 54.1 Å². The van der Waals surface area contributed by atoms with Crippen molar-refractivity contribution in [3.8, 4) is 5.75 Å². The maximum atomic E-state index is 13.8. The number of anilines is 3. The molecule has 8 nitrogen and oxygen atoms in total. The summed E-state index contributed by atoms with van der Waals surface area (Å²) in [6, 6.07) is 15.1. The van der Waals surface area contributed by atoms with E-state index in [0.29, 0.717) is 16.3 Å². The molecular formula is C20H15FN4O4S2. The summed E-state index contributed by atoms with van der Waals surface area (Å²) in [5, 5.41) is 15.1. The number of benzene rings is 3. The van der Waals surface area contributed by atoms with E-state index in [1.807, 2.05) is 0 Å². The smallest absolute Gasteiger partial charge is 0.325 e. The molecule has 0 bridgehead atoms. The van der Waals surface area contributed by atoms with E-state index in [-0.39, 0.29) is 11.4 Å². The lowest BCUT2D eigenvalue weighted by Crippen LogP contribution is -2.19. The van der Waals surface area contributed by atoms with Crippen LogP contribution in [0.15, 0.2) is 71.6 Å². The first-order chi connectivity index (χ1) is 14.8. The first kappa shape index (κ1) is 20.6. The normalized spacial score (nSPS) is 11.3. The molecular weight excluding hydrogens is 443 g/mol. The third-order valence-corrected chi connectivity index (χ3v) is 6.46. The standard InChI is InChI=1S/C20H15FN4O4S2/c21-15-3-1-2-4-18(15)31(28,29)25-13-7-5-12(6-8-13)22-19(27)24-20-23-16-10-9-14(26)11-17(16)30-20/h1-11,25-26H,(H2,22,23,24,27). The number of nitrogens with one attached hydrogen (secondary N) is 3. The van der Waals surface area contributed by atoms with Crippen molar-refractivity contribution in [3.05, 3.63) is 72.5 Å². The second-order valence-electron chi connectivity index (χ2n) is 6.36. The lowest BCUT2D eigenvalue weighted by Gasteiger charge is -2.10. The zero-order valence-electron chi connectivity index (χ0n) is 15.7. The number of rotatable bonds is 5. The average Bonchev–Trinajstić information content (AvgIpc) is 3.10. The van der Waals surface area contributed by atoms with E-state index in [1.165, 1.54) is 59.9 Å². The molecule has 31 heavy (non-hydrogen) atoms. The molecule has 0 unspecified atom stereocenters. The van der Waals surface area contributed by atoms with Crippen LogP contribution >= 0.6 is 11.3 Å². The molecule has 4 N–H and O–H groups in total. The van der Waals surface area contributed by atoms with Gasteiger partial charge in [0, 0.05) is 11.4 Å². The SMILES string of the molecule is O=C(Nc1ccc(NS(=O)(=O)c2ccccc2F)cc1)Nc1nc2ccc(O)cc2s1. The number of hydrogen-bond acceptors (Lipinski definition) is 6. The van der Waals surface area contributed by atoms with E-state index in [9.17, 15) is 22.7 Å². The zero-order valence-corrected chi connectivity index (χ0v) is 17.3. The highest BCUT2D eigenvalue weighted by Crippen LogP contribution is 2.29. The van der Waals surface area contributed by atoms with Gasteiger partial charge in [-0.1, -0.05) is 23.5 Å². The van der Waals surface area contributed by atoms with Gasteiger partial charge in [0.15, 0.2) is 5.13 Å². The number of carbonyl (C=O) groups excluding carboxylic acids is 1. The van der Waals surface area contributed by atoms with Crippen LogP contribution < -0.4 is 15.4 Å². The van der Waals surface area contributed by atoms with Crippen molar-refractivity contribution in [1.82, 2.24) is 4.98 Å². The van der Waals surface area contributed by atoms with Crippen LogP contribution in [-0.4, -0.2) is 24.5 Å². The van der Waals surface area contributed by atoms with Crippen molar-refractivity contribution in [2.75, 3.05) is 15.4 Å². The molecule has 0 radical (unpaired) electrons. The maximum absolute atomic E-state index is 13.8. The number of halogens is 1. The van der Waals surface area contributed by atoms with Gasteiger partial charge >= 0.3 is 6.03 Å². The summed E-state index contributed by atoms with van der Waals surface area (Å²) in [7, 11) is -4.09. The van der Waals surface area contributed by atoms with Crippen molar-refractivity contribution in [1.29, 1.82) is 0 Å². The highest BCUT2D eigenvalue weighted by molar-refractivity contribution is 7.92. The number of fused-ring (bicyclic) bond motifs is 1. The highest BCUT2D eigenvalue weighted by Gasteiger charge is 2.18. The Hall–Kier alpha value is -3.70. The number of amides is 2. The Labute approximate surface area is 180 Å². The van der Waals surface area contributed by atoms with Gasteiger partial charge < -0.3 is 10.4 Å². The minimum absolute atomic E-state index is 0.109. The first-order valence-corrected chi connectivity index (χ1v) is 11.2. The number of phenolic OH excluding ortho intramolecular Hbond substituents is 1. The topological polar surface area (TPSA) is 120 Å². The molecule has 0 aliphatic rings. The van der Waals surface area contributed by atoms with Crippen LogP contribution in [0, 0.1) is 5.82 Å². The average molecular weight is 458 g/mol. The molecule has 1 heterocycles. The Balaban J connectivity index is 1.41.